The van der Waals surface area contributed by atoms with E-state index >= 15 is 0 Å². The Bertz CT molecular complexity index is 823. The number of aryl methyl sites for hydroxylation is 1. The molecule has 3 rings (SSSR count). The largest absolute Gasteiger partial charge is 0.338 e. The molecule has 26 heavy (non-hydrogen) atoms. The van der Waals surface area contributed by atoms with E-state index in [0.29, 0.717) is 0 Å². The lowest BCUT2D eigenvalue weighted by molar-refractivity contribution is 0.104. The van der Waals surface area contributed by atoms with Gasteiger partial charge in [-0.25, -0.2) is 0 Å². The van der Waals surface area contributed by atoms with E-state index in [9.17, 15) is 4.79 Å². The summed E-state index contributed by atoms with van der Waals surface area (Å²) in [6.07, 6.45) is 1.75. The molecule has 0 saturated heterocycles. The fraction of sp³-hybridized carbons (Fsp3) is 0.318. The monoisotopic (exact) mass is 366 g/mol. The quantitative estimate of drug-likeness (QED) is 0.524. The second kappa shape index (κ2) is 8.11. The van der Waals surface area contributed by atoms with Crippen molar-refractivity contribution in [2.24, 2.45) is 0 Å². The minimum atomic E-state index is 0.0540. The summed E-state index contributed by atoms with van der Waals surface area (Å²) in [5.74, 6) is 0.0540. The standard InChI is InChI=1S/C22H26N2OS/c1-5-24(6-2)15-17-8-10-18(11-9-17)20(25)14-22-23(4)19-13-16(3)7-12-21(19)26-22/h7-14H,5-6,15H2,1-4H3/b22-14+. The highest BCUT2D eigenvalue weighted by atomic mass is 32.2. The van der Waals surface area contributed by atoms with E-state index in [0.717, 1.165) is 30.2 Å². The highest BCUT2D eigenvalue weighted by Gasteiger charge is 2.22. The molecule has 0 fully saturated rings. The third-order valence-electron chi connectivity index (χ3n) is 4.81. The summed E-state index contributed by atoms with van der Waals surface area (Å²) >= 11 is 1.65. The van der Waals surface area contributed by atoms with Crippen molar-refractivity contribution in [3.8, 4) is 0 Å². The van der Waals surface area contributed by atoms with Crippen molar-refractivity contribution in [2.75, 3.05) is 25.0 Å². The Kier molecular flexibility index (Phi) is 5.84. The van der Waals surface area contributed by atoms with Crippen LogP contribution in [0.3, 0.4) is 0 Å². The van der Waals surface area contributed by atoms with Crippen molar-refractivity contribution < 1.29 is 4.79 Å². The average molecular weight is 367 g/mol. The first-order valence-electron chi connectivity index (χ1n) is 9.11. The van der Waals surface area contributed by atoms with Crippen LogP contribution in [0.1, 0.15) is 35.3 Å². The third kappa shape index (κ3) is 4.02. The number of carbonyl (C=O) groups is 1. The first-order valence-corrected chi connectivity index (χ1v) is 9.93. The van der Waals surface area contributed by atoms with Crippen molar-refractivity contribution >= 4 is 23.2 Å². The number of hydrogen-bond acceptors (Lipinski definition) is 4. The molecule has 2 aromatic carbocycles. The minimum Gasteiger partial charge on any atom is -0.338 e. The van der Waals surface area contributed by atoms with Crippen LogP contribution in [-0.2, 0) is 6.54 Å². The van der Waals surface area contributed by atoms with E-state index in [4.69, 9.17) is 0 Å². The van der Waals surface area contributed by atoms with E-state index < -0.39 is 0 Å². The van der Waals surface area contributed by atoms with Crippen molar-refractivity contribution in [3.05, 3.63) is 70.3 Å². The zero-order valence-electron chi connectivity index (χ0n) is 16.0. The number of thioether (sulfide) groups is 1. The smallest absolute Gasteiger partial charge is 0.188 e. The van der Waals surface area contributed by atoms with Crippen molar-refractivity contribution in [1.29, 1.82) is 0 Å². The maximum atomic E-state index is 12.7. The average Bonchev–Trinajstić information content (AvgIpc) is 2.95. The summed E-state index contributed by atoms with van der Waals surface area (Å²) in [5.41, 5.74) is 4.38. The van der Waals surface area contributed by atoms with Gasteiger partial charge in [0, 0.05) is 30.1 Å². The number of rotatable bonds is 6. The van der Waals surface area contributed by atoms with E-state index in [1.165, 1.54) is 21.7 Å². The van der Waals surface area contributed by atoms with E-state index in [2.05, 4.69) is 60.9 Å². The molecule has 0 atom stereocenters. The van der Waals surface area contributed by atoms with Crippen LogP contribution < -0.4 is 4.90 Å². The summed E-state index contributed by atoms with van der Waals surface area (Å²) in [4.78, 5) is 18.3. The molecule has 0 aliphatic carbocycles. The Morgan fingerprint density at radius 3 is 2.46 bits per heavy atom. The lowest BCUT2D eigenvalue weighted by atomic mass is 10.1. The second-order valence-electron chi connectivity index (χ2n) is 6.64. The Morgan fingerprint density at radius 2 is 1.81 bits per heavy atom. The molecule has 1 aliphatic heterocycles. The highest BCUT2D eigenvalue weighted by Crippen LogP contribution is 2.45. The van der Waals surface area contributed by atoms with Crippen LogP contribution in [0.4, 0.5) is 5.69 Å². The lowest BCUT2D eigenvalue weighted by Crippen LogP contribution is -2.22. The Morgan fingerprint density at radius 1 is 1.12 bits per heavy atom. The summed E-state index contributed by atoms with van der Waals surface area (Å²) in [7, 11) is 2.02. The Labute approximate surface area is 160 Å². The van der Waals surface area contributed by atoms with Gasteiger partial charge in [-0.15, -0.1) is 0 Å². The van der Waals surface area contributed by atoms with Gasteiger partial charge in [-0.1, -0.05) is 55.9 Å². The molecule has 0 saturated carbocycles. The number of benzene rings is 2. The summed E-state index contributed by atoms with van der Waals surface area (Å²) in [6.45, 7) is 9.42. The molecule has 0 unspecified atom stereocenters. The first-order chi connectivity index (χ1) is 12.5. The molecule has 136 valence electrons. The fourth-order valence-electron chi connectivity index (χ4n) is 3.08. The van der Waals surface area contributed by atoms with Crippen LogP contribution in [0, 0.1) is 6.92 Å². The van der Waals surface area contributed by atoms with Crippen molar-refractivity contribution in [3.63, 3.8) is 0 Å². The SMILES string of the molecule is CCN(CC)Cc1ccc(C(=O)/C=C2/Sc3ccc(C)cc3N2C)cc1. The first kappa shape index (κ1) is 18.7. The molecular weight excluding hydrogens is 340 g/mol. The molecule has 0 N–H and O–H groups in total. The van der Waals surface area contributed by atoms with Gasteiger partial charge in [0.1, 0.15) is 0 Å². The van der Waals surface area contributed by atoms with Gasteiger partial charge in [-0.3, -0.25) is 9.69 Å². The zero-order valence-corrected chi connectivity index (χ0v) is 16.8. The molecular formula is C22H26N2OS. The van der Waals surface area contributed by atoms with Gasteiger partial charge in [-0.05, 0) is 43.3 Å². The number of hydrogen-bond donors (Lipinski definition) is 0. The number of fused-ring (bicyclic) bond motifs is 1. The summed E-state index contributed by atoms with van der Waals surface area (Å²) < 4.78 is 0. The van der Waals surface area contributed by atoms with Crippen LogP contribution in [0.15, 0.2) is 58.5 Å². The maximum Gasteiger partial charge on any atom is 0.188 e. The molecule has 3 nitrogen and oxygen atoms in total. The molecule has 0 spiro atoms. The molecule has 4 heteroatoms. The van der Waals surface area contributed by atoms with Gasteiger partial charge in [0.25, 0.3) is 0 Å². The van der Waals surface area contributed by atoms with Crippen LogP contribution in [0.2, 0.25) is 0 Å². The van der Waals surface area contributed by atoms with Gasteiger partial charge in [0.15, 0.2) is 5.78 Å². The number of carbonyl (C=O) groups excluding carboxylic acids is 1. The highest BCUT2D eigenvalue weighted by molar-refractivity contribution is 8.03. The second-order valence-corrected chi connectivity index (χ2v) is 7.70. The van der Waals surface area contributed by atoms with Gasteiger partial charge in [0.2, 0.25) is 0 Å². The van der Waals surface area contributed by atoms with Crippen LogP contribution in [0.5, 0.6) is 0 Å². The van der Waals surface area contributed by atoms with E-state index in [-0.39, 0.29) is 5.78 Å². The predicted octanol–water partition coefficient (Wildman–Crippen LogP) is 5.10. The molecule has 1 heterocycles. The van der Waals surface area contributed by atoms with Crippen molar-refractivity contribution in [2.45, 2.75) is 32.2 Å². The van der Waals surface area contributed by atoms with Crippen LogP contribution >= 0.6 is 11.8 Å². The number of anilines is 1. The lowest BCUT2D eigenvalue weighted by Gasteiger charge is -2.18. The van der Waals surface area contributed by atoms with E-state index in [1.807, 2.05) is 19.2 Å². The predicted molar refractivity (Wildman–Crippen MR) is 111 cm³/mol. The third-order valence-corrected chi connectivity index (χ3v) is 5.98. The Balaban J connectivity index is 1.73. The molecule has 0 aromatic heterocycles. The number of ketones is 1. The number of nitrogens with zero attached hydrogens (tertiary/aromatic N) is 2. The molecule has 2 aromatic rings. The maximum absolute atomic E-state index is 12.7. The van der Waals surface area contributed by atoms with Gasteiger partial charge in [0.05, 0.1) is 10.7 Å². The van der Waals surface area contributed by atoms with Crippen molar-refractivity contribution in [1.82, 2.24) is 4.90 Å². The minimum absolute atomic E-state index is 0.0540. The molecule has 0 bridgehead atoms. The summed E-state index contributed by atoms with van der Waals surface area (Å²) in [6, 6.07) is 14.4. The van der Waals surface area contributed by atoms with Gasteiger partial charge in [-0.2, -0.15) is 0 Å². The Hall–Kier alpha value is -2.04. The number of allylic oxidation sites excluding steroid dienone is 1. The molecule has 1 aliphatic rings. The van der Waals surface area contributed by atoms with Crippen LogP contribution in [0.25, 0.3) is 0 Å². The normalized spacial score (nSPS) is 15.0. The molecule has 0 radical (unpaired) electrons. The summed E-state index contributed by atoms with van der Waals surface area (Å²) in [5, 5.41) is 0.975. The fourth-order valence-corrected chi connectivity index (χ4v) is 4.14. The van der Waals surface area contributed by atoms with E-state index in [1.54, 1.807) is 17.8 Å². The van der Waals surface area contributed by atoms with Gasteiger partial charge < -0.3 is 4.90 Å². The van der Waals surface area contributed by atoms with Crippen LogP contribution in [-0.4, -0.2) is 30.8 Å². The zero-order chi connectivity index (χ0) is 18.7. The molecule has 0 amide bonds. The topological polar surface area (TPSA) is 23.6 Å². The van der Waals surface area contributed by atoms with Gasteiger partial charge >= 0.3 is 0 Å².